The fourth-order valence-electron chi connectivity index (χ4n) is 5.78. The van der Waals surface area contributed by atoms with Crippen molar-refractivity contribution in [3.8, 4) is 5.69 Å². The fourth-order valence-corrected chi connectivity index (χ4v) is 8.18. The summed E-state index contributed by atoms with van der Waals surface area (Å²) in [4.78, 5) is 13.2. The molecule has 0 aliphatic heterocycles. The second-order valence-corrected chi connectivity index (χ2v) is 11.1. The van der Waals surface area contributed by atoms with Gasteiger partial charge < -0.3 is 0 Å². The highest BCUT2D eigenvalue weighted by atomic mass is 32.2. The van der Waals surface area contributed by atoms with E-state index < -0.39 is 0 Å². The number of rotatable bonds is 5. The predicted molar refractivity (Wildman–Crippen MR) is 109 cm³/mol. The molecule has 4 bridgehead atoms. The van der Waals surface area contributed by atoms with Gasteiger partial charge in [-0.05, 0) is 80.6 Å². The van der Waals surface area contributed by atoms with E-state index in [1.54, 1.807) is 16.4 Å². The molecule has 26 heavy (non-hydrogen) atoms. The quantitative estimate of drug-likeness (QED) is 0.486. The van der Waals surface area contributed by atoms with E-state index in [1.165, 1.54) is 30.6 Å². The number of para-hydroxylation sites is 1. The third-order valence-corrected chi connectivity index (χ3v) is 8.85. The smallest absolute Gasteiger partial charge is 0.184 e. The first-order valence-corrected chi connectivity index (χ1v) is 11.6. The molecule has 4 aliphatic carbocycles. The summed E-state index contributed by atoms with van der Waals surface area (Å²) < 4.78 is 3.44. The number of benzene rings is 1. The van der Waals surface area contributed by atoms with Gasteiger partial charge in [-0.3, -0.25) is 4.79 Å². The molecule has 4 fully saturated rings. The van der Waals surface area contributed by atoms with Crippen LogP contribution in [0.15, 0.2) is 34.7 Å². The lowest BCUT2D eigenvalue weighted by Crippen LogP contribution is -2.50. The van der Waals surface area contributed by atoms with E-state index in [2.05, 4.69) is 5.10 Å². The monoisotopic (exact) mass is 402 g/mol. The molecule has 0 radical (unpaired) electrons. The Bertz CT molecular complexity index is 851. The minimum absolute atomic E-state index is 0.00872. The van der Waals surface area contributed by atoms with Gasteiger partial charge >= 0.3 is 0 Å². The summed E-state index contributed by atoms with van der Waals surface area (Å²) in [5.41, 5.74) is 0.971. The largest absolute Gasteiger partial charge is 0.298 e. The zero-order valence-corrected chi connectivity index (χ0v) is 17.0. The molecule has 2 aromatic rings. The fraction of sp³-hybridized carbons (Fsp3) is 0.550. The molecule has 0 amide bonds. The van der Waals surface area contributed by atoms with Crippen LogP contribution in [0.5, 0.6) is 0 Å². The molecule has 4 saturated carbocycles. The second kappa shape index (κ2) is 6.57. The lowest BCUT2D eigenvalue weighted by Gasteiger charge is -2.56. The molecular formula is C20H22N2OS3. The Morgan fingerprint density at radius 2 is 1.77 bits per heavy atom. The number of carbonyl (C=O) groups is 1. The Labute approximate surface area is 167 Å². The first-order chi connectivity index (χ1) is 12.6. The number of thioether (sulfide) groups is 1. The van der Waals surface area contributed by atoms with Crippen molar-refractivity contribution < 1.29 is 4.79 Å². The number of aromatic nitrogens is 2. The number of hydrogen-bond acceptors (Lipinski definition) is 5. The summed E-state index contributed by atoms with van der Waals surface area (Å²) >= 11 is 8.55. The Kier molecular flexibility index (Phi) is 4.33. The molecule has 0 unspecified atom stereocenters. The van der Waals surface area contributed by atoms with Crippen LogP contribution in [-0.2, 0) is 4.79 Å². The molecule has 0 saturated heterocycles. The normalized spacial score (nSPS) is 32.1. The van der Waals surface area contributed by atoms with Crippen LogP contribution >= 0.6 is 35.3 Å². The van der Waals surface area contributed by atoms with Crippen LogP contribution in [0.3, 0.4) is 0 Å². The van der Waals surface area contributed by atoms with Crippen LogP contribution in [0.25, 0.3) is 5.69 Å². The van der Waals surface area contributed by atoms with Gasteiger partial charge in [-0.2, -0.15) is 0 Å². The first-order valence-electron chi connectivity index (χ1n) is 9.43. The Hall–Kier alpha value is -0.980. The number of Topliss-reactive ketones (excluding diaryl/α,β-unsaturated/α-hetero) is 1. The van der Waals surface area contributed by atoms with Gasteiger partial charge in [0.25, 0.3) is 0 Å². The Morgan fingerprint density at radius 1 is 1.15 bits per heavy atom. The van der Waals surface area contributed by atoms with E-state index in [0.717, 1.165) is 51.0 Å². The molecule has 0 atom stereocenters. The van der Waals surface area contributed by atoms with Crippen molar-refractivity contribution in [2.24, 2.45) is 23.2 Å². The van der Waals surface area contributed by atoms with Crippen LogP contribution in [0.1, 0.15) is 38.5 Å². The average Bonchev–Trinajstić information content (AvgIpc) is 3.00. The van der Waals surface area contributed by atoms with Crippen molar-refractivity contribution in [2.45, 2.75) is 42.9 Å². The van der Waals surface area contributed by atoms with Gasteiger partial charge in [0.05, 0.1) is 11.4 Å². The Balaban J connectivity index is 1.30. The van der Waals surface area contributed by atoms with Crippen molar-refractivity contribution in [1.29, 1.82) is 0 Å². The van der Waals surface area contributed by atoms with Gasteiger partial charge in [-0.15, -0.1) is 5.10 Å². The van der Waals surface area contributed by atoms with Gasteiger partial charge in [0.1, 0.15) is 5.78 Å². The van der Waals surface area contributed by atoms with Crippen LogP contribution in [0.2, 0.25) is 0 Å². The van der Waals surface area contributed by atoms with Crippen molar-refractivity contribution >= 4 is 41.1 Å². The lowest BCUT2D eigenvalue weighted by molar-refractivity contribution is -0.141. The van der Waals surface area contributed by atoms with E-state index in [9.17, 15) is 4.79 Å². The highest BCUT2D eigenvalue weighted by molar-refractivity contribution is 8.01. The van der Waals surface area contributed by atoms with E-state index in [0.29, 0.717) is 11.5 Å². The number of nitrogens with zero attached hydrogens (tertiary/aromatic N) is 2. The topological polar surface area (TPSA) is 34.9 Å². The summed E-state index contributed by atoms with van der Waals surface area (Å²) in [5.74, 6) is 3.45. The summed E-state index contributed by atoms with van der Waals surface area (Å²) in [6.45, 7) is 0. The van der Waals surface area contributed by atoms with E-state index in [-0.39, 0.29) is 5.41 Å². The molecule has 136 valence electrons. The van der Waals surface area contributed by atoms with E-state index in [1.807, 2.05) is 30.3 Å². The first kappa shape index (κ1) is 17.1. The zero-order chi connectivity index (χ0) is 17.7. The SMILES string of the molecule is O=C(CSc1nn(-c2ccccc2)c(=S)s1)C12CC3CC(CC(C3)C1)C2. The van der Waals surface area contributed by atoms with Crippen molar-refractivity contribution in [1.82, 2.24) is 9.78 Å². The summed E-state index contributed by atoms with van der Waals surface area (Å²) in [7, 11) is 0. The number of carbonyl (C=O) groups excluding carboxylic acids is 1. The van der Waals surface area contributed by atoms with Gasteiger partial charge in [0.15, 0.2) is 8.29 Å². The van der Waals surface area contributed by atoms with Crippen molar-refractivity contribution in [2.75, 3.05) is 5.75 Å². The highest BCUT2D eigenvalue weighted by Gasteiger charge is 2.54. The highest BCUT2D eigenvalue weighted by Crippen LogP contribution is 2.60. The summed E-state index contributed by atoms with van der Waals surface area (Å²) in [5, 5.41) is 4.64. The third-order valence-electron chi connectivity index (χ3n) is 6.49. The van der Waals surface area contributed by atoms with Gasteiger partial charge in [0.2, 0.25) is 0 Å². The molecule has 0 N–H and O–H groups in total. The van der Waals surface area contributed by atoms with E-state index in [4.69, 9.17) is 12.2 Å². The zero-order valence-electron chi connectivity index (χ0n) is 14.6. The molecule has 1 aromatic heterocycles. The van der Waals surface area contributed by atoms with Crippen molar-refractivity contribution in [3.05, 3.63) is 34.3 Å². The maximum Gasteiger partial charge on any atom is 0.184 e. The number of ketones is 1. The lowest BCUT2D eigenvalue weighted by atomic mass is 9.48. The van der Waals surface area contributed by atoms with Gasteiger partial charge in [0, 0.05) is 5.41 Å². The predicted octanol–water partition coefficient (Wildman–Crippen LogP) is 5.54. The van der Waals surface area contributed by atoms with Gasteiger partial charge in [-0.1, -0.05) is 41.3 Å². The third kappa shape index (κ3) is 3.00. The van der Waals surface area contributed by atoms with Gasteiger partial charge in [-0.25, -0.2) is 4.68 Å². The van der Waals surface area contributed by atoms with Crippen LogP contribution in [0.4, 0.5) is 0 Å². The molecular weight excluding hydrogens is 380 g/mol. The maximum atomic E-state index is 13.2. The van der Waals surface area contributed by atoms with Crippen molar-refractivity contribution in [3.63, 3.8) is 0 Å². The average molecular weight is 403 g/mol. The number of hydrogen-bond donors (Lipinski definition) is 0. The molecule has 4 aliphatic rings. The van der Waals surface area contributed by atoms with Crippen LogP contribution in [0, 0.1) is 27.1 Å². The minimum Gasteiger partial charge on any atom is -0.298 e. The standard InChI is InChI=1S/C20H22N2OS3/c23-17(20-9-13-6-14(10-20)8-15(7-13)11-20)12-25-18-21-22(19(24)26-18)16-4-2-1-3-5-16/h1-5,13-15H,6-12H2. The molecule has 0 spiro atoms. The summed E-state index contributed by atoms with van der Waals surface area (Å²) in [6, 6.07) is 9.97. The van der Waals surface area contributed by atoms with Crippen LogP contribution in [-0.4, -0.2) is 21.3 Å². The summed E-state index contributed by atoms with van der Waals surface area (Å²) in [6.07, 6.45) is 7.57. The van der Waals surface area contributed by atoms with Crippen LogP contribution < -0.4 is 0 Å². The van der Waals surface area contributed by atoms with E-state index >= 15 is 0 Å². The molecule has 1 heterocycles. The minimum atomic E-state index is -0.00872. The maximum absolute atomic E-state index is 13.2. The Morgan fingerprint density at radius 3 is 2.38 bits per heavy atom. The molecule has 1 aromatic carbocycles. The molecule has 6 rings (SSSR count). The molecule has 6 heteroatoms. The second-order valence-electron chi connectivity index (χ2n) is 8.29. The molecule has 3 nitrogen and oxygen atoms in total.